The molecule has 26 heavy (non-hydrogen) atoms. The molecule has 8 heteroatoms. The number of aromatic nitrogens is 1. The monoisotopic (exact) mass is 478 g/mol. The molecule has 0 unspecified atom stereocenters. The molecule has 0 saturated heterocycles. The molecule has 0 aliphatic heterocycles. The number of nitrogens with one attached hydrogen (secondary N) is 1. The third kappa shape index (κ3) is 8.50. The van der Waals surface area contributed by atoms with Crippen LogP contribution >= 0.6 is 24.0 Å². The van der Waals surface area contributed by atoms with Gasteiger partial charge in [0.2, 0.25) is 5.88 Å². The summed E-state index contributed by atoms with van der Waals surface area (Å²) < 4.78 is 16.4. The van der Waals surface area contributed by atoms with Gasteiger partial charge >= 0.3 is 0 Å². The van der Waals surface area contributed by atoms with Gasteiger partial charge in [0.25, 0.3) is 0 Å². The van der Waals surface area contributed by atoms with E-state index in [1.807, 2.05) is 19.2 Å². The number of rotatable bonds is 11. The van der Waals surface area contributed by atoms with Crippen molar-refractivity contribution >= 4 is 29.9 Å². The second-order valence-corrected chi connectivity index (χ2v) is 6.15. The van der Waals surface area contributed by atoms with E-state index in [-0.39, 0.29) is 24.0 Å². The molecular formula is C18H31IN4O3. The van der Waals surface area contributed by atoms with Crippen molar-refractivity contribution in [3.05, 3.63) is 23.9 Å². The molecule has 7 nitrogen and oxygen atoms in total. The maximum atomic E-state index is 5.69. The van der Waals surface area contributed by atoms with Gasteiger partial charge in [0.05, 0.1) is 13.2 Å². The van der Waals surface area contributed by atoms with Gasteiger partial charge in [0, 0.05) is 52.7 Å². The highest BCUT2D eigenvalue weighted by Gasteiger charge is 2.21. The SMILES string of the molecule is CN=C(NCc1cccnc1OCCOC)N(C)CCOCC1CC1.I. The average molecular weight is 478 g/mol. The molecule has 1 heterocycles. The lowest BCUT2D eigenvalue weighted by atomic mass is 10.2. The quantitative estimate of drug-likeness (QED) is 0.228. The molecule has 1 N–H and O–H groups in total. The number of pyridine rings is 1. The van der Waals surface area contributed by atoms with Gasteiger partial charge in [0.15, 0.2) is 5.96 Å². The molecule has 0 radical (unpaired) electrons. The molecule has 1 aliphatic rings. The number of methoxy groups -OCH3 is 1. The second kappa shape index (κ2) is 13.1. The van der Waals surface area contributed by atoms with E-state index in [0.29, 0.717) is 32.2 Å². The van der Waals surface area contributed by atoms with Crippen LogP contribution in [0.1, 0.15) is 18.4 Å². The summed E-state index contributed by atoms with van der Waals surface area (Å²) in [4.78, 5) is 10.7. The van der Waals surface area contributed by atoms with E-state index in [2.05, 4.69) is 20.2 Å². The smallest absolute Gasteiger partial charge is 0.218 e. The van der Waals surface area contributed by atoms with Crippen LogP contribution in [-0.4, -0.2) is 70.0 Å². The molecule has 0 spiro atoms. The lowest BCUT2D eigenvalue weighted by Crippen LogP contribution is -2.40. The Balaban J connectivity index is 0.00000338. The Labute approximate surface area is 173 Å². The van der Waals surface area contributed by atoms with Crippen LogP contribution in [0.4, 0.5) is 0 Å². The van der Waals surface area contributed by atoms with Gasteiger partial charge in [-0.2, -0.15) is 0 Å². The van der Waals surface area contributed by atoms with Gasteiger partial charge in [-0.3, -0.25) is 4.99 Å². The fourth-order valence-corrected chi connectivity index (χ4v) is 2.31. The summed E-state index contributed by atoms with van der Waals surface area (Å²) in [7, 11) is 5.44. The number of halogens is 1. The van der Waals surface area contributed by atoms with Crippen LogP contribution in [0.3, 0.4) is 0 Å². The average Bonchev–Trinajstić information content (AvgIpc) is 3.45. The minimum atomic E-state index is 0. The molecule has 0 amide bonds. The predicted molar refractivity (Wildman–Crippen MR) is 113 cm³/mol. The summed E-state index contributed by atoms with van der Waals surface area (Å²) in [6.07, 6.45) is 4.36. The van der Waals surface area contributed by atoms with Crippen molar-refractivity contribution < 1.29 is 14.2 Å². The fraction of sp³-hybridized carbons (Fsp3) is 0.667. The number of ether oxygens (including phenoxy) is 3. The highest BCUT2D eigenvalue weighted by atomic mass is 127. The largest absolute Gasteiger partial charge is 0.475 e. The van der Waals surface area contributed by atoms with Gasteiger partial charge in [-0.1, -0.05) is 6.07 Å². The summed E-state index contributed by atoms with van der Waals surface area (Å²) in [5.41, 5.74) is 0.984. The molecule has 1 saturated carbocycles. The van der Waals surface area contributed by atoms with E-state index >= 15 is 0 Å². The summed E-state index contributed by atoms with van der Waals surface area (Å²) in [6, 6.07) is 3.90. The maximum Gasteiger partial charge on any atom is 0.218 e. The van der Waals surface area contributed by atoms with Gasteiger partial charge in [0.1, 0.15) is 6.61 Å². The molecule has 0 bridgehead atoms. The van der Waals surface area contributed by atoms with Crippen molar-refractivity contribution in [2.75, 3.05) is 54.2 Å². The Bertz CT molecular complexity index is 541. The number of guanidine groups is 1. The minimum absolute atomic E-state index is 0. The Hall–Kier alpha value is -1.13. The highest BCUT2D eigenvalue weighted by molar-refractivity contribution is 14.0. The van der Waals surface area contributed by atoms with Crippen LogP contribution in [0.25, 0.3) is 0 Å². The van der Waals surface area contributed by atoms with Gasteiger partial charge in [-0.25, -0.2) is 4.98 Å². The molecule has 2 rings (SSSR count). The number of hydrogen-bond donors (Lipinski definition) is 1. The van der Waals surface area contributed by atoms with Crippen LogP contribution in [0, 0.1) is 5.92 Å². The zero-order chi connectivity index (χ0) is 17.9. The minimum Gasteiger partial charge on any atom is -0.475 e. The fourth-order valence-electron chi connectivity index (χ4n) is 2.31. The summed E-state index contributed by atoms with van der Waals surface area (Å²) >= 11 is 0. The van der Waals surface area contributed by atoms with E-state index in [1.165, 1.54) is 12.8 Å². The van der Waals surface area contributed by atoms with Crippen molar-refractivity contribution in [3.8, 4) is 5.88 Å². The van der Waals surface area contributed by atoms with Crippen LogP contribution in [0.15, 0.2) is 23.3 Å². The van der Waals surface area contributed by atoms with Gasteiger partial charge in [-0.05, 0) is 24.8 Å². The summed E-state index contributed by atoms with van der Waals surface area (Å²) in [5, 5.41) is 3.35. The summed E-state index contributed by atoms with van der Waals surface area (Å²) in [6.45, 7) is 4.01. The van der Waals surface area contributed by atoms with Gasteiger partial charge in [-0.15, -0.1) is 24.0 Å². The number of likely N-dealkylation sites (N-methyl/N-ethyl adjacent to an activating group) is 1. The number of aliphatic imine (C=N–C) groups is 1. The first-order valence-electron chi connectivity index (χ1n) is 8.79. The van der Waals surface area contributed by atoms with E-state index in [0.717, 1.165) is 30.6 Å². The third-order valence-corrected chi connectivity index (χ3v) is 4.01. The molecule has 0 aromatic carbocycles. The van der Waals surface area contributed by atoms with Crippen molar-refractivity contribution in [2.45, 2.75) is 19.4 Å². The summed E-state index contributed by atoms with van der Waals surface area (Å²) in [5.74, 6) is 2.24. The maximum absolute atomic E-state index is 5.69. The van der Waals surface area contributed by atoms with E-state index in [4.69, 9.17) is 14.2 Å². The van der Waals surface area contributed by atoms with Crippen molar-refractivity contribution in [1.82, 2.24) is 15.2 Å². The molecule has 1 aromatic rings. The van der Waals surface area contributed by atoms with Gasteiger partial charge < -0.3 is 24.4 Å². The highest BCUT2D eigenvalue weighted by Crippen LogP contribution is 2.28. The molecule has 1 aliphatic carbocycles. The van der Waals surface area contributed by atoms with Crippen molar-refractivity contribution in [1.29, 1.82) is 0 Å². The predicted octanol–water partition coefficient (Wildman–Crippen LogP) is 2.16. The lowest BCUT2D eigenvalue weighted by Gasteiger charge is -2.22. The van der Waals surface area contributed by atoms with Crippen LogP contribution in [0.5, 0.6) is 5.88 Å². The van der Waals surface area contributed by atoms with E-state index in [1.54, 1.807) is 20.4 Å². The van der Waals surface area contributed by atoms with E-state index < -0.39 is 0 Å². The molecule has 148 valence electrons. The molecular weight excluding hydrogens is 447 g/mol. The van der Waals surface area contributed by atoms with Crippen molar-refractivity contribution in [2.24, 2.45) is 10.9 Å². The Kier molecular flexibility index (Phi) is 11.5. The first-order chi connectivity index (χ1) is 12.2. The zero-order valence-corrected chi connectivity index (χ0v) is 18.3. The first kappa shape index (κ1) is 22.9. The lowest BCUT2D eigenvalue weighted by molar-refractivity contribution is 0.115. The Morgan fingerprint density at radius 2 is 2.15 bits per heavy atom. The van der Waals surface area contributed by atoms with Crippen LogP contribution in [0.2, 0.25) is 0 Å². The Morgan fingerprint density at radius 3 is 2.85 bits per heavy atom. The first-order valence-corrected chi connectivity index (χ1v) is 8.79. The normalized spacial score (nSPS) is 13.9. The Morgan fingerprint density at radius 1 is 1.35 bits per heavy atom. The van der Waals surface area contributed by atoms with Crippen molar-refractivity contribution in [3.63, 3.8) is 0 Å². The molecule has 1 fully saturated rings. The second-order valence-electron chi connectivity index (χ2n) is 6.15. The van der Waals surface area contributed by atoms with Crippen LogP contribution < -0.4 is 10.1 Å². The third-order valence-electron chi connectivity index (χ3n) is 4.01. The standard InChI is InChI=1S/C18H30N4O3.HI/c1-19-18(22(2)9-10-24-14-15-6-7-15)21-13-16-5-4-8-20-17(16)25-12-11-23-3;/h4-5,8,15H,6-7,9-14H2,1-3H3,(H,19,21);1H. The van der Waals surface area contributed by atoms with Crippen LogP contribution in [-0.2, 0) is 16.0 Å². The topological polar surface area (TPSA) is 68.2 Å². The molecule has 1 aromatic heterocycles. The van der Waals surface area contributed by atoms with E-state index in [9.17, 15) is 0 Å². The molecule has 0 atom stereocenters. The zero-order valence-electron chi connectivity index (χ0n) is 15.9. The number of nitrogens with zero attached hydrogens (tertiary/aromatic N) is 3. The number of hydrogen-bond acceptors (Lipinski definition) is 5.